The van der Waals surface area contributed by atoms with E-state index >= 15 is 0 Å². The van der Waals surface area contributed by atoms with Gasteiger partial charge in [0.25, 0.3) is 0 Å². The van der Waals surface area contributed by atoms with Crippen LogP contribution in [0.4, 0.5) is 0 Å². The molecule has 0 spiro atoms. The maximum atomic E-state index is 12.0. The van der Waals surface area contributed by atoms with Crippen LogP contribution in [0.3, 0.4) is 0 Å². The Morgan fingerprint density at radius 2 is 2.09 bits per heavy atom. The number of Topliss-reactive ketones (excluding diaryl/α,β-unsaturated/α-hetero) is 1. The molecule has 1 aromatic rings. The summed E-state index contributed by atoms with van der Waals surface area (Å²) in [5, 5.41) is 4.46. The zero-order valence-corrected chi connectivity index (χ0v) is 12.9. The van der Waals surface area contributed by atoms with E-state index in [9.17, 15) is 4.79 Å². The summed E-state index contributed by atoms with van der Waals surface area (Å²) in [6.45, 7) is 2.10. The van der Waals surface area contributed by atoms with E-state index in [4.69, 9.17) is 5.73 Å². The molecule has 2 fully saturated rings. The minimum Gasteiger partial charge on any atom is -0.325 e. The van der Waals surface area contributed by atoms with E-state index < -0.39 is 0 Å². The average molecular weight is 295 g/mol. The second-order valence-corrected chi connectivity index (χ2v) is 6.61. The molecule has 0 radical (unpaired) electrons. The van der Waals surface area contributed by atoms with Crippen molar-refractivity contribution in [3.05, 3.63) is 40.5 Å². The van der Waals surface area contributed by atoms with Crippen LogP contribution in [0.25, 0.3) is 5.70 Å². The first-order chi connectivity index (χ1) is 10.7. The van der Waals surface area contributed by atoms with Crippen molar-refractivity contribution in [1.82, 2.24) is 5.43 Å². The Kier molecular flexibility index (Phi) is 2.98. The molecule has 4 heteroatoms. The number of carbonyl (C=O) groups is 1. The van der Waals surface area contributed by atoms with Crippen LogP contribution in [-0.2, 0) is 10.2 Å². The zero-order chi connectivity index (χ0) is 15.3. The Bertz CT molecular complexity index is 720. The van der Waals surface area contributed by atoms with Gasteiger partial charge in [0.05, 0.1) is 16.8 Å². The number of hydrazone groups is 1. The third-order valence-electron chi connectivity index (χ3n) is 5.38. The summed E-state index contributed by atoms with van der Waals surface area (Å²) >= 11 is 0. The predicted octanol–water partition coefficient (Wildman–Crippen LogP) is 2.47. The van der Waals surface area contributed by atoms with Crippen molar-refractivity contribution in [2.45, 2.75) is 44.4 Å². The van der Waals surface area contributed by atoms with Crippen molar-refractivity contribution < 1.29 is 4.79 Å². The molecular weight excluding hydrogens is 274 g/mol. The lowest BCUT2D eigenvalue weighted by Gasteiger charge is -2.27. The summed E-state index contributed by atoms with van der Waals surface area (Å²) in [7, 11) is 0. The molecule has 22 heavy (non-hydrogen) atoms. The van der Waals surface area contributed by atoms with Crippen molar-refractivity contribution in [2.24, 2.45) is 10.8 Å². The third-order valence-corrected chi connectivity index (χ3v) is 5.38. The van der Waals surface area contributed by atoms with Crippen LogP contribution in [0.15, 0.2) is 28.9 Å². The van der Waals surface area contributed by atoms with Gasteiger partial charge >= 0.3 is 0 Å². The van der Waals surface area contributed by atoms with Gasteiger partial charge < -0.3 is 5.73 Å². The first-order valence-corrected chi connectivity index (χ1v) is 8.07. The van der Waals surface area contributed by atoms with Crippen LogP contribution in [0, 0.1) is 0 Å². The van der Waals surface area contributed by atoms with Crippen LogP contribution in [0.5, 0.6) is 0 Å². The lowest BCUT2D eigenvalue weighted by molar-refractivity contribution is -0.119. The van der Waals surface area contributed by atoms with Crippen molar-refractivity contribution >= 4 is 17.2 Å². The number of ketones is 1. The molecule has 1 aliphatic heterocycles. The molecule has 0 amide bonds. The number of hydrogen-bond donors (Lipinski definition) is 2. The minimum absolute atomic E-state index is 0.247. The van der Waals surface area contributed by atoms with E-state index in [2.05, 4.69) is 28.7 Å². The number of nitrogens with one attached hydrogen (secondary N) is 1. The fourth-order valence-electron chi connectivity index (χ4n) is 3.54. The van der Waals surface area contributed by atoms with Gasteiger partial charge in [0.15, 0.2) is 0 Å². The van der Waals surface area contributed by atoms with Crippen molar-refractivity contribution in [1.29, 1.82) is 0 Å². The second kappa shape index (κ2) is 4.78. The Hall–Kier alpha value is -1.94. The van der Waals surface area contributed by atoms with Gasteiger partial charge in [-0.2, -0.15) is 5.10 Å². The van der Waals surface area contributed by atoms with Crippen LogP contribution >= 0.6 is 0 Å². The lowest BCUT2D eigenvalue weighted by atomic mass is 9.83. The molecule has 4 rings (SSSR count). The molecule has 3 aliphatic rings. The zero-order valence-electron chi connectivity index (χ0n) is 12.9. The third kappa shape index (κ3) is 1.87. The number of allylic oxidation sites excluding steroid dienone is 1. The van der Waals surface area contributed by atoms with E-state index in [-0.39, 0.29) is 11.2 Å². The molecule has 3 N–H and O–H groups in total. The average Bonchev–Trinajstić information content (AvgIpc) is 3.27. The maximum Gasteiger partial charge on any atom is 0.140 e. The number of carbonyl (C=O) groups excluding carboxylic acids is 1. The SMILES string of the molecule is CC(=O)C1(c2ccc3c(c2)C(CN)=NNC3=C2CCC2)CC1. The second-order valence-electron chi connectivity index (χ2n) is 6.61. The number of nitrogens with zero attached hydrogens (tertiary/aromatic N) is 1. The normalized spacial score (nSPS) is 21.5. The smallest absolute Gasteiger partial charge is 0.140 e. The quantitative estimate of drug-likeness (QED) is 0.900. The van der Waals surface area contributed by atoms with Crippen LogP contribution in [-0.4, -0.2) is 18.0 Å². The van der Waals surface area contributed by atoms with E-state index in [0.717, 1.165) is 48.2 Å². The van der Waals surface area contributed by atoms with Crippen molar-refractivity contribution in [2.75, 3.05) is 6.54 Å². The molecule has 0 atom stereocenters. The molecule has 2 saturated carbocycles. The number of fused-ring (bicyclic) bond motifs is 1. The number of nitrogens with two attached hydrogens (primary N) is 1. The largest absolute Gasteiger partial charge is 0.325 e. The summed E-state index contributed by atoms with van der Waals surface area (Å²) in [6, 6.07) is 6.41. The molecule has 0 unspecified atom stereocenters. The predicted molar refractivity (Wildman–Crippen MR) is 87.5 cm³/mol. The highest BCUT2D eigenvalue weighted by atomic mass is 16.1. The topological polar surface area (TPSA) is 67.5 Å². The van der Waals surface area contributed by atoms with Crippen molar-refractivity contribution in [3.63, 3.8) is 0 Å². The Balaban J connectivity index is 1.84. The summed E-state index contributed by atoms with van der Waals surface area (Å²) < 4.78 is 0. The standard InChI is InChI=1S/C18H21N3O/c1-11(22)18(7-8-18)13-5-6-14-15(9-13)16(10-19)20-21-17(14)12-3-2-4-12/h5-6,9,21H,2-4,7-8,10,19H2,1H3. The van der Waals surface area contributed by atoms with Crippen LogP contribution < -0.4 is 11.2 Å². The summed E-state index contributed by atoms with van der Waals surface area (Å²) in [5.41, 5.74) is 15.7. The molecule has 0 aromatic heterocycles. The molecule has 1 heterocycles. The molecular formula is C18H21N3O. The molecule has 1 aromatic carbocycles. The van der Waals surface area contributed by atoms with E-state index in [1.807, 2.05) is 0 Å². The van der Waals surface area contributed by atoms with Crippen molar-refractivity contribution in [3.8, 4) is 0 Å². The number of benzene rings is 1. The van der Waals surface area contributed by atoms with Crippen LogP contribution in [0.1, 0.15) is 55.7 Å². The molecule has 2 aliphatic carbocycles. The van der Waals surface area contributed by atoms with Gasteiger partial charge in [-0.3, -0.25) is 10.2 Å². The van der Waals surface area contributed by atoms with E-state index in [1.54, 1.807) is 6.92 Å². The van der Waals surface area contributed by atoms with Gasteiger partial charge in [0.2, 0.25) is 0 Å². The van der Waals surface area contributed by atoms with Gasteiger partial charge in [-0.15, -0.1) is 0 Å². The fourth-order valence-corrected chi connectivity index (χ4v) is 3.54. The first kappa shape index (κ1) is 13.7. The fraction of sp³-hybridized carbons (Fsp3) is 0.444. The number of rotatable bonds is 3. The van der Waals surface area contributed by atoms with Gasteiger partial charge in [-0.05, 0) is 56.2 Å². The van der Waals surface area contributed by atoms with Gasteiger partial charge in [-0.1, -0.05) is 12.1 Å². The Labute approximate surface area is 130 Å². The highest BCUT2D eigenvalue weighted by molar-refractivity contribution is 6.08. The van der Waals surface area contributed by atoms with E-state index in [0.29, 0.717) is 6.54 Å². The number of hydrogen-bond acceptors (Lipinski definition) is 4. The highest BCUT2D eigenvalue weighted by Gasteiger charge is 2.49. The molecule has 0 saturated heterocycles. The van der Waals surface area contributed by atoms with Gasteiger partial charge in [0, 0.05) is 17.7 Å². The lowest BCUT2D eigenvalue weighted by Crippen LogP contribution is -2.28. The monoisotopic (exact) mass is 295 g/mol. The van der Waals surface area contributed by atoms with Crippen LogP contribution in [0.2, 0.25) is 0 Å². The molecule has 0 bridgehead atoms. The summed E-state index contributed by atoms with van der Waals surface area (Å²) in [6.07, 6.45) is 5.47. The minimum atomic E-state index is -0.247. The van der Waals surface area contributed by atoms with E-state index in [1.165, 1.54) is 17.6 Å². The molecule has 4 nitrogen and oxygen atoms in total. The first-order valence-electron chi connectivity index (χ1n) is 8.07. The van der Waals surface area contributed by atoms with Gasteiger partial charge in [-0.25, -0.2) is 0 Å². The summed E-state index contributed by atoms with van der Waals surface area (Å²) in [5.74, 6) is 0.269. The highest BCUT2D eigenvalue weighted by Crippen LogP contribution is 2.49. The summed E-state index contributed by atoms with van der Waals surface area (Å²) in [4.78, 5) is 12.0. The molecule has 114 valence electrons. The maximum absolute atomic E-state index is 12.0. The Morgan fingerprint density at radius 1 is 1.32 bits per heavy atom. The van der Waals surface area contributed by atoms with Gasteiger partial charge in [0.1, 0.15) is 5.78 Å². The Morgan fingerprint density at radius 3 is 2.64 bits per heavy atom.